The van der Waals surface area contributed by atoms with Crippen LogP contribution in [-0.4, -0.2) is 52.7 Å². The van der Waals surface area contributed by atoms with Gasteiger partial charge in [0.1, 0.15) is 5.60 Å². The van der Waals surface area contributed by atoms with Gasteiger partial charge in [0.05, 0.1) is 11.4 Å². The molecule has 0 radical (unpaired) electrons. The fourth-order valence-electron chi connectivity index (χ4n) is 3.02. The number of pyridine rings is 2. The van der Waals surface area contributed by atoms with Crippen molar-refractivity contribution < 1.29 is 56.3 Å². The maximum Gasteiger partial charge on any atom is -1.00 e. The Morgan fingerprint density at radius 2 is 1.41 bits per heavy atom. The van der Waals surface area contributed by atoms with Crippen LogP contribution in [0.3, 0.4) is 0 Å². The number of carbonyl (C=O) groups is 1. The summed E-state index contributed by atoms with van der Waals surface area (Å²) < 4.78 is 9.11. The molecule has 2 aromatic heterocycles. The second kappa shape index (κ2) is 20.5. The number of rotatable bonds is 11. The van der Waals surface area contributed by atoms with Gasteiger partial charge in [-0.3, -0.25) is 14.9 Å². The molecule has 0 saturated heterocycles. The molecule has 0 unspecified atom stereocenters. The number of amides is 1. The van der Waals surface area contributed by atoms with Crippen LogP contribution in [0.15, 0.2) is 48.8 Å². The largest absolute Gasteiger partial charge is 1.00 e. The second-order valence-corrected chi connectivity index (χ2v) is 12.4. The second-order valence-electron chi connectivity index (χ2n) is 8.71. The molecule has 0 atom stereocenters. The molecule has 1 amide bonds. The molecular formula is C26H34BrN4O5Re. The van der Waals surface area contributed by atoms with Crippen molar-refractivity contribution in [1.29, 1.82) is 0 Å². The third-order valence-electron chi connectivity index (χ3n) is 4.52. The van der Waals surface area contributed by atoms with E-state index in [2.05, 4.69) is 32.3 Å². The van der Waals surface area contributed by atoms with E-state index in [1.54, 1.807) is 0 Å². The van der Waals surface area contributed by atoms with Crippen LogP contribution in [0.25, 0.3) is 0 Å². The minimum absolute atomic E-state index is 0. The van der Waals surface area contributed by atoms with Crippen molar-refractivity contribution in [2.75, 3.05) is 13.1 Å². The van der Waals surface area contributed by atoms with E-state index in [4.69, 9.17) is 4.74 Å². The van der Waals surface area contributed by atoms with Crippen molar-refractivity contribution in [3.8, 4) is 0 Å². The SMILES string of the molecule is CC(C)(C)OC(=O)NCCCCCCN(Cc1ccccn1)Cc1ccccn1.O=[C]=[Re+](=[C]=O)=[C]=O.[Br-]. The Balaban J connectivity index is 0.00000142. The van der Waals surface area contributed by atoms with E-state index in [-0.39, 0.29) is 23.1 Å². The predicted molar refractivity (Wildman–Crippen MR) is 132 cm³/mol. The number of alkyl carbamates (subject to hydrolysis) is 1. The van der Waals surface area contributed by atoms with Crippen LogP contribution in [-0.2, 0) is 47.6 Å². The quantitative estimate of drug-likeness (QED) is 0.328. The maximum absolute atomic E-state index is 11.6. The number of hydrogen-bond donors (Lipinski definition) is 1. The number of nitrogens with zero attached hydrogens (tertiary/aromatic N) is 3. The molecule has 2 heterocycles. The van der Waals surface area contributed by atoms with Crippen LogP contribution >= 0.6 is 0 Å². The first-order valence-corrected chi connectivity index (χ1v) is 15.7. The van der Waals surface area contributed by atoms with E-state index in [9.17, 15) is 19.2 Å². The van der Waals surface area contributed by atoms with Crippen LogP contribution in [0.5, 0.6) is 0 Å². The summed E-state index contributed by atoms with van der Waals surface area (Å²) >= 11 is -2.97. The first-order valence-electron chi connectivity index (χ1n) is 11.6. The first kappa shape index (κ1) is 34.4. The van der Waals surface area contributed by atoms with Crippen molar-refractivity contribution in [3.63, 3.8) is 0 Å². The van der Waals surface area contributed by atoms with Gasteiger partial charge in [0.2, 0.25) is 0 Å². The summed E-state index contributed by atoms with van der Waals surface area (Å²) in [6.07, 6.45) is 7.60. The summed E-state index contributed by atoms with van der Waals surface area (Å²) in [5.74, 6) is 0. The average Bonchev–Trinajstić information content (AvgIpc) is 2.85. The van der Waals surface area contributed by atoms with Gasteiger partial charge in [-0.15, -0.1) is 0 Å². The summed E-state index contributed by atoms with van der Waals surface area (Å²) in [6.45, 7) is 8.89. The molecule has 0 aromatic carbocycles. The number of aromatic nitrogens is 2. The fourth-order valence-corrected chi connectivity index (χ4v) is 3.36. The smallest absolute Gasteiger partial charge is 1.00 e. The van der Waals surface area contributed by atoms with Gasteiger partial charge >= 0.3 is 48.9 Å². The predicted octanol–water partition coefficient (Wildman–Crippen LogP) is 0.374. The van der Waals surface area contributed by atoms with E-state index in [0.29, 0.717) is 6.54 Å². The third kappa shape index (κ3) is 18.3. The molecule has 0 saturated carbocycles. The van der Waals surface area contributed by atoms with Gasteiger partial charge in [-0.1, -0.05) is 25.0 Å². The number of carbonyl (C=O) groups excluding carboxylic acids is 4. The molecule has 0 aliphatic carbocycles. The standard InChI is InChI=1S/C23H34N4O2.3CO.BrH.Re/c1-23(2,3)29-22(28)26-16-8-4-5-11-17-27(18-20-12-6-9-14-24-20)19-21-13-7-10-15-25-21;3*1-2;;/h6-7,9-10,12-15H,4-5,8,11,16-19H2,1-3H3,(H,26,28);;;;1H;/q;;;;;+1/p-1. The summed E-state index contributed by atoms with van der Waals surface area (Å²) in [7, 11) is 0. The third-order valence-corrected chi connectivity index (χ3v) is 6.19. The molecule has 0 aliphatic rings. The van der Waals surface area contributed by atoms with E-state index in [1.807, 2.05) is 57.4 Å². The van der Waals surface area contributed by atoms with Gasteiger partial charge in [0, 0.05) is 32.0 Å². The van der Waals surface area contributed by atoms with Crippen molar-refractivity contribution in [2.45, 2.75) is 65.1 Å². The van der Waals surface area contributed by atoms with Crippen molar-refractivity contribution in [2.24, 2.45) is 0 Å². The maximum atomic E-state index is 11.6. The Hall–Kier alpha value is -2.59. The van der Waals surface area contributed by atoms with Gasteiger partial charge in [0.25, 0.3) is 0 Å². The Morgan fingerprint density at radius 1 is 0.892 bits per heavy atom. The van der Waals surface area contributed by atoms with Gasteiger partial charge in [-0.05, 0) is 64.4 Å². The molecule has 2 aromatic rings. The molecule has 0 spiro atoms. The Bertz CT molecular complexity index is 1050. The summed E-state index contributed by atoms with van der Waals surface area (Å²) in [6, 6.07) is 12.1. The zero-order chi connectivity index (χ0) is 26.7. The van der Waals surface area contributed by atoms with Crippen molar-refractivity contribution in [3.05, 3.63) is 60.2 Å². The molecule has 0 aliphatic heterocycles. The molecule has 202 valence electrons. The van der Waals surface area contributed by atoms with Crippen LogP contribution in [0.2, 0.25) is 0 Å². The minimum atomic E-state index is -2.97. The zero-order valence-corrected chi connectivity index (χ0v) is 25.7. The first-order chi connectivity index (χ1) is 17.3. The van der Waals surface area contributed by atoms with Crippen molar-refractivity contribution >= 4 is 19.1 Å². The van der Waals surface area contributed by atoms with Crippen LogP contribution in [0.4, 0.5) is 4.79 Å². The molecule has 0 fully saturated rings. The normalized spacial score (nSPS) is 9.95. The Labute approximate surface area is 233 Å². The number of ether oxygens (including phenoxy) is 1. The number of halogens is 1. The van der Waals surface area contributed by atoms with E-state index >= 15 is 0 Å². The van der Waals surface area contributed by atoms with E-state index in [0.717, 1.165) is 56.7 Å². The van der Waals surface area contributed by atoms with Gasteiger partial charge in [-0.2, -0.15) is 0 Å². The molecule has 0 bridgehead atoms. The molecule has 9 nitrogen and oxygen atoms in total. The molecule has 1 N–H and O–H groups in total. The molecule has 37 heavy (non-hydrogen) atoms. The monoisotopic (exact) mass is 748 g/mol. The van der Waals surface area contributed by atoms with Crippen LogP contribution in [0, 0.1) is 0 Å². The molecule has 11 heteroatoms. The molecular weight excluding hydrogens is 714 g/mol. The number of nitrogens with one attached hydrogen (secondary N) is 1. The van der Waals surface area contributed by atoms with Crippen LogP contribution in [0.1, 0.15) is 57.8 Å². The topological polar surface area (TPSA) is 119 Å². The zero-order valence-electron chi connectivity index (χ0n) is 21.4. The van der Waals surface area contributed by atoms with Crippen molar-refractivity contribution in [1.82, 2.24) is 20.2 Å². The van der Waals surface area contributed by atoms with Gasteiger partial charge in [0.15, 0.2) is 0 Å². The van der Waals surface area contributed by atoms with E-state index < -0.39 is 21.0 Å². The van der Waals surface area contributed by atoms with E-state index in [1.165, 1.54) is 13.1 Å². The Morgan fingerprint density at radius 3 is 1.81 bits per heavy atom. The summed E-state index contributed by atoms with van der Waals surface area (Å²) in [4.78, 5) is 51.1. The fraction of sp³-hybridized carbons (Fsp3) is 0.462. The number of hydrogen-bond acceptors (Lipinski definition) is 8. The number of unbranched alkanes of at least 4 members (excludes halogenated alkanes) is 3. The van der Waals surface area contributed by atoms with Crippen LogP contribution < -0.4 is 22.3 Å². The average molecular weight is 749 g/mol. The van der Waals surface area contributed by atoms with Gasteiger partial charge < -0.3 is 27.0 Å². The minimum Gasteiger partial charge on any atom is -1.00 e. The summed E-state index contributed by atoms with van der Waals surface area (Å²) in [5.41, 5.74) is 1.70. The molecule has 2 rings (SSSR count). The summed E-state index contributed by atoms with van der Waals surface area (Å²) in [5, 5.41) is 2.82. The Kier molecular flexibility index (Phi) is 19.0. The van der Waals surface area contributed by atoms with Gasteiger partial charge in [-0.25, -0.2) is 4.79 Å².